The first-order chi connectivity index (χ1) is 13.5. The van der Waals surface area contributed by atoms with Crippen molar-refractivity contribution in [2.24, 2.45) is 5.73 Å². The standard InChI is InChI=1S/C21H25N3O3S/c1-15-12-16(13-24-8-10-28-11-9-24)2-7-19(15)23-20(25)14-27-18-5-3-17(4-6-18)21(22)26/h2-7,12H,8-11,13-14H2,1H3,(H2,22,26)(H,23,25). The van der Waals surface area contributed by atoms with Crippen molar-refractivity contribution in [3.63, 3.8) is 0 Å². The number of ether oxygens (including phenoxy) is 1. The molecule has 0 saturated carbocycles. The number of primary amides is 1. The van der Waals surface area contributed by atoms with Crippen LogP contribution in [0.1, 0.15) is 21.5 Å². The normalized spacial score (nSPS) is 14.5. The number of anilines is 1. The molecule has 1 fully saturated rings. The second-order valence-electron chi connectivity index (χ2n) is 6.76. The Morgan fingerprint density at radius 3 is 2.50 bits per heavy atom. The highest BCUT2D eigenvalue weighted by Crippen LogP contribution is 2.19. The Hall–Kier alpha value is -2.51. The van der Waals surface area contributed by atoms with Crippen molar-refractivity contribution in [3.8, 4) is 5.75 Å². The van der Waals surface area contributed by atoms with Crippen LogP contribution in [0.2, 0.25) is 0 Å². The molecule has 28 heavy (non-hydrogen) atoms. The number of nitrogens with zero attached hydrogens (tertiary/aromatic N) is 1. The number of hydrogen-bond acceptors (Lipinski definition) is 5. The smallest absolute Gasteiger partial charge is 0.262 e. The summed E-state index contributed by atoms with van der Waals surface area (Å²) in [7, 11) is 0. The van der Waals surface area contributed by atoms with Gasteiger partial charge in [-0.3, -0.25) is 14.5 Å². The summed E-state index contributed by atoms with van der Waals surface area (Å²) in [4.78, 5) is 25.7. The number of carbonyl (C=O) groups is 2. The molecule has 0 bridgehead atoms. The Kier molecular flexibility index (Phi) is 6.95. The lowest BCUT2D eigenvalue weighted by Crippen LogP contribution is -2.32. The van der Waals surface area contributed by atoms with Gasteiger partial charge in [0.2, 0.25) is 5.91 Å². The Morgan fingerprint density at radius 2 is 1.86 bits per heavy atom. The molecule has 0 aromatic heterocycles. The van der Waals surface area contributed by atoms with Crippen molar-refractivity contribution in [2.45, 2.75) is 13.5 Å². The SMILES string of the molecule is Cc1cc(CN2CCSCC2)ccc1NC(=O)COc1ccc(C(N)=O)cc1. The average molecular weight is 400 g/mol. The van der Waals surface area contributed by atoms with Crippen molar-refractivity contribution in [2.75, 3.05) is 36.5 Å². The van der Waals surface area contributed by atoms with Crippen LogP contribution in [0.3, 0.4) is 0 Å². The van der Waals surface area contributed by atoms with E-state index in [2.05, 4.69) is 22.3 Å². The molecule has 2 aromatic rings. The summed E-state index contributed by atoms with van der Waals surface area (Å²) < 4.78 is 5.47. The van der Waals surface area contributed by atoms with Crippen LogP contribution in [0.4, 0.5) is 5.69 Å². The molecular weight excluding hydrogens is 374 g/mol. The van der Waals surface area contributed by atoms with Gasteiger partial charge in [-0.15, -0.1) is 0 Å². The van der Waals surface area contributed by atoms with Gasteiger partial charge in [0, 0.05) is 42.4 Å². The van der Waals surface area contributed by atoms with Crippen LogP contribution in [0.15, 0.2) is 42.5 Å². The number of nitrogens with one attached hydrogen (secondary N) is 1. The van der Waals surface area contributed by atoms with E-state index in [1.165, 1.54) is 17.1 Å². The Bertz CT molecular complexity index is 833. The highest BCUT2D eigenvalue weighted by atomic mass is 32.2. The molecule has 2 aromatic carbocycles. The summed E-state index contributed by atoms with van der Waals surface area (Å²) in [5.74, 6) is 2.16. The fourth-order valence-corrected chi connectivity index (χ4v) is 4.01. The molecule has 2 amide bonds. The van der Waals surface area contributed by atoms with E-state index in [0.29, 0.717) is 11.3 Å². The second-order valence-corrected chi connectivity index (χ2v) is 7.99. The van der Waals surface area contributed by atoms with Crippen LogP contribution in [-0.2, 0) is 11.3 Å². The monoisotopic (exact) mass is 399 g/mol. The van der Waals surface area contributed by atoms with Crippen LogP contribution in [0.5, 0.6) is 5.75 Å². The molecule has 148 valence electrons. The Balaban J connectivity index is 1.51. The maximum atomic E-state index is 12.2. The lowest BCUT2D eigenvalue weighted by Gasteiger charge is -2.26. The third-order valence-electron chi connectivity index (χ3n) is 4.58. The van der Waals surface area contributed by atoms with Crippen molar-refractivity contribution in [3.05, 3.63) is 59.2 Å². The van der Waals surface area contributed by atoms with Crippen LogP contribution in [0.25, 0.3) is 0 Å². The predicted molar refractivity (Wildman–Crippen MR) is 113 cm³/mol. The van der Waals surface area contributed by atoms with Gasteiger partial charge in [-0.1, -0.05) is 12.1 Å². The second kappa shape index (κ2) is 9.61. The molecule has 0 spiro atoms. The van der Waals surface area contributed by atoms with Gasteiger partial charge >= 0.3 is 0 Å². The van der Waals surface area contributed by atoms with Gasteiger partial charge in [0.15, 0.2) is 6.61 Å². The number of nitrogens with two attached hydrogens (primary N) is 1. The Labute approximate surface area is 169 Å². The summed E-state index contributed by atoms with van der Waals surface area (Å²) in [5.41, 5.74) is 8.68. The maximum absolute atomic E-state index is 12.2. The topological polar surface area (TPSA) is 84.7 Å². The maximum Gasteiger partial charge on any atom is 0.262 e. The summed E-state index contributed by atoms with van der Waals surface area (Å²) in [6, 6.07) is 12.5. The molecule has 3 rings (SSSR count). The van der Waals surface area contributed by atoms with Gasteiger partial charge in [0.1, 0.15) is 5.75 Å². The average Bonchev–Trinajstić information content (AvgIpc) is 2.69. The van der Waals surface area contributed by atoms with E-state index in [4.69, 9.17) is 10.5 Å². The van der Waals surface area contributed by atoms with E-state index in [-0.39, 0.29) is 12.5 Å². The van der Waals surface area contributed by atoms with Crippen LogP contribution < -0.4 is 15.8 Å². The predicted octanol–water partition coefficient (Wildman–Crippen LogP) is 2.66. The zero-order chi connectivity index (χ0) is 19.9. The summed E-state index contributed by atoms with van der Waals surface area (Å²) in [6.07, 6.45) is 0. The van der Waals surface area contributed by atoms with Crippen molar-refractivity contribution in [1.82, 2.24) is 4.90 Å². The van der Waals surface area contributed by atoms with Crippen molar-refractivity contribution in [1.29, 1.82) is 0 Å². The Morgan fingerprint density at radius 1 is 1.14 bits per heavy atom. The van der Waals surface area contributed by atoms with Gasteiger partial charge in [-0.2, -0.15) is 11.8 Å². The van der Waals surface area contributed by atoms with E-state index in [0.717, 1.165) is 30.9 Å². The molecule has 0 atom stereocenters. The molecule has 7 heteroatoms. The van der Waals surface area contributed by atoms with E-state index >= 15 is 0 Å². The molecule has 3 N–H and O–H groups in total. The molecule has 1 aliphatic rings. The van der Waals surface area contributed by atoms with E-state index in [9.17, 15) is 9.59 Å². The molecule has 0 aliphatic carbocycles. The first-order valence-electron chi connectivity index (χ1n) is 9.23. The molecule has 0 radical (unpaired) electrons. The van der Waals surface area contributed by atoms with E-state index in [1.807, 2.05) is 24.8 Å². The minimum atomic E-state index is -0.498. The molecule has 0 unspecified atom stereocenters. The number of amides is 2. The van der Waals surface area contributed by atoms with Gasteiger partial charge in [0.25, 0.3) is 5.91 Å². The van der Waals surface area contributed by atoms with E-state index < -0.39 is 5.91 Å². The number of aryl methyl sites for hydroxylation is 1. The summed E-state index contributed by atoms with van der Waals surface area (Å²) >= 11 is 2.00. The van der Waals surface area contributed by atoms with Crippen LogP contribution >= 0.6 is 11.8 Å². The van der Waals surface area contributed by atoms with Crippen LogP contribution in [0, 0.1) is 6.92 Å². The minimum absolute atomic E-state index is 0.109. The lowest BCUT2D eigenvalue weighted by atomic mass is 10.1. The summed E-state index contributed by atoms with van der Waals surface area (Å²) in [5, 5.41) is 2.89. The van der Waals surface area contributed by atoms with Gasteiger partial charge in [0.05, 0.1) is 0 Å². The van der Waals surface area contributed by atoms with E-state index in [1.54, 1.807) is 24.3 Å². The largest absolute Gasteiger partial charge is 0.484 e. The number of hydrogen-bond donors (Lipinski definition) is 2. The van der Waals surface area contributed by atoms with Crippen molar-refractivity contribution >= 4 is 29.3 Å². The number of thioether (sulfide) groups is 1. The molecule has 1 heterocycles. The zero-order valence-electron chi connectivity index (χ0n) is 15.9. The van der Waals surface area contributed by atoms with Crippen molar-refractivity contribution < 1.29 is 14.3 Å². The number of benzene rings is 2. The number of carbonyl (C=O) groups excluding carboxylic acids is 2. The number of rotatable bonds is 7. The fraction of sp³-hybridized carbons (Fsp3) is 0.333. The highest BCUT2D eigenvalue weighted by Gasteiger charge is 2.12. The third kappa shape index (κ3) is 5.74. The molecule has 1 aliphatic heterocycles. The van der Waals surface area contributed by atoms with Gasteiger partial charge in [-0.25, -0.2) is 0 Å². The first kappa shape index (κ1) is 20.2. The lowest BCUT2D eigenvalue weighted by molar-refractivity contribution is -0.118. The quantitative estimate of drug-likeness (QED) is 0.748. The first-order valence-corrected chi connectivity index (χ1v) is 10.4. The molecular formula is C21H25N3O3S. The molecule has 6 nitrogen and oxygen atoms in total. The van der Waals surface area contributed by atoms with Crippen LogP contribution in [-0.4, -0.2) is 47.9 Å². The summed E-state index contributed by atoms with van der Waals surface area (Å²) in [6.45, 7) is 5.08. The minimum Gasteiger partial charge on any atom is -0.484 e. The zero-order valence-corrected chi connectivity index (χ0v) is 16.8. The highest BCUT2D eigenvalue weighted by molar-refractivity contribution is 7.99. The third-order valence-corrected chi connectivity index (χ3v) is 5.53. The van der Waals surface area contributed by atoms with Gasteiger partial charge < -0.3 is 15.8 Å². The van der Waals surface area contributed by atoms with Gasteiger partial charge in [-0.05, 0) is 48.4 Å². The fourth-order valence-electron chi connectivity index (χ4n) is 3.03. The molecule has 1 saturated heterocycles.